The van der Waals surface area contributed by atoms with Gasteiger partial charge in [-0.2, -0.15) is 5.10 Å². The first-order valence-corrected chi connectivity index (χ1v) is 12.2. The van der Waals surface area contributed by atoms with Crippen molar-refractivity contribution in [1.29, 1.82) is 0 Å². The summed E-state index contributed by atoms with van der Waals surface area (Å²) in [6, 6.07) is 18.2. The minimum absolute atomic E-state index is 0.385. The summed E-state index contributed by atoms with van der Waals surface area (Å²) in [6.45, 7) is 1.62. The standard InChI is InChI=1S/C28H26N4O4/c1-18-10-12-20(13-11-18)22-16-23(24-9-5-15-36-24)32(30-22)25(33)17-31-26(34)28(29-27(31)35)14-4-7-19-6-2-3-8-21(19)28/h2-3,5-6,8-13,15,23H,4,7,14,16-17H2,1H3,(H,29,35). The van der Waals surface area contributed by atoms with E-state index in [4.69, 9.17) is 4.42 Å². The summed E-state index contributed by atoms with van der Waals surface area (Å²) in [5.41, 5.74) is 3.55. The first kappa shape index (κ1) is 22.3. The molecular formula is C28H26N4O4. The Labute approximate surface area is 208 Å². The molecule has 3 heterocycles. The molecule has 2 aliphatic heterocycles. The molecule has 6 rings (SSSR count). The number of nitrogens with zero attached hydrogens (tertiary/aromatic N) is 3. The fraction of sp³-hybridized carbons (Fsp3) is 0.286. The number of carbonyl (C=O) groups is 3. The number of carbonyl (C=O) groups excluding carboxylic acids is 3. The lowest BCUT2D eigenvalue weighted by molar-refractivity contribution is -0.140. The number of hydrogen-bond donors (Lipinski definition) is 1. The minimum Gasteiger partial charge on any atom is -0.467 e. The first-order valence-electron chi connectivity index (χ1n) is 12.2. The Morgan fingerprint density at radius 3 is 2.69 bits per heavy atom. The van der Waals surface area contributed by atoms with Crippen LogP contribution in [0.15, 0.2) is 76.4 Å². The van der Waals surface area contributed by atoms with Crippen LogP contribution in [0.2, 0.25) is 0 Å². The molecule has 1 aromatic heterocycles. The lowest BCUT2D eigenvalue weighted by atomic mass is 9.76. The zero-order valence-corrected chi connectivity index (χ0v) is 19.9. The van der Waals surface area contributed by atoms with Crippen LogP contribution in [-0.4, -0.2) is 40.0 Å². The van der Waals surface area contributed by atoms with Crippen LogP contribution in [-0.2, 0) is 21.5 Å². The van der Waals surface area contributed by atoms with Gasteiger partial charge in [0, 0.05) is 6.42 Å². The molecule has 1 aliphatic carbocycles. The predicted molar refractivity (Wildman–Crippen MR) is 132 cm³/mol. The fourth-order valence-corrected chi connectivity index (χ4v) is 5.53. The summed E-state index contributed by atoms with van der Waals surface area (Å²) in [4.78, 5) is 41.2. The summed E-state index contributed by atoms with van der Waals surface area (Å²) in [6.07, 6.45) is 4.17. The zero-order valence-electron chi connectivity index (χ0n) is 19.9. The van der Waals surface area contributed by atoms with E-state index in [-0.39, 0.29) is 5.91 Å². The summed E-state index contributed by atoms with van der Waals surface area (Å²) < 4.78 is 5.62. The van der Waals surface area contributed by atoms with Crippen molar-refractivity contribution in [2.45, 2.75) is 44.2 Å². The first-order chi connectivity index (χ1) is 17.5. The third-order valence-electron chi connectivity index (χ3n) is 7.37. The van der Waals surface area contributed by atoms with Crippen LogP contribution >= 0.6 is 0 Å². The lowest BCUT2D eigenvalue weighted by Crippen LogP contribution is -2.47. The quantitative estimate of drug-likeness (QED) is 0.568. The summed E-state index contributed by atoms with van der Waals surface area (Å²) in [5.74, 6) is -0.225. The molecule has 2 unspecified atom stereocenters. The van der Waals surface area contributed by atoms with Crippen LogP contribution in [0.3, 0.4) is 0 Å². The van der Waals surface area contributed by atoms with Crippen molar-refractivity contribution >= 4 is 23.6 Å². The molecule has 36 heavy (non-hydrogen) atoms. The number of nitrogens with one attached hydrogen (secondary N) is 1. The molecule has 8 heteroatoms. The van der Waals surface area contributed by atoms with Gasteiger partial charge >= 0.3 is 6.03 Å². The zero-order chi connectivity index (χ0) is 24.9. The lowest BCUT2D eigenvalue weighted by Gasteiger charge is -2.33. The van der Waals surface area contributed by atoms with Gasteiger partial charge in [0.1, 0.15) is 23.9 Å². The van der Waals surface area contributed by atoms with Crippen molar-refractivity contribution in [3.05, 3.63) is 94.9 Å². The van der Waals surface area contributed by atoms with Gasteiger partial charge in [0.2, 0.25) is 0 Å². The van der Waals surface area contributed by atoms with Gasteiger partial charge in [-0.3, -0.25) is 14.5 Å². The second-order valence-corrected chi connectivity index (χ2v) is 9.62. The molecule has 1 fully saturated rings. The molecule has 1 N–H and O–H groups in total. The number of rotatable bonds is 4. The van der Waals surface area contributed by atoms with E-state index in [9.17, 15) is 14.4 Å². The Morgan fingerprint density at radius 1 is 1.11 bits per heavy atom. The van der Waals surface area contributed by atoms with Crippen molar-refractivity contribution in [2.75, 3.05) is 6.54 Å². The molecule has 182 valence electrons. The minimum atomic E-state index is -1.12. The normalized spacial score (nSPS) is 23.1. The number of imide groups is 1. The molecule has 8 nitrogen and oxygen atoms in total. The van der Waals surface area contributed by atoms with Gasteiger partial charge in [0.15, 0.2) is 0 Å². The molecule has 0 radical (unpaired) electrons. The predicted octanol–water partition coefficient (Wildman–Crippen LogP) is 4.05. The van der Waals surface area contributed by atoms with Crippen LogP contribution in [0.25, 0.3) is 0 Å². The maximum atomic E-state index is 13.7. The highest BCUT2D eigenvalue weighted by molar-refractivity contribution is 6.10. The highest BCUT2D eigenvalue weighted by Crippen LogP contribution is 2.40. The van der Waals surface area contributed by atoms with E-state index in [1.165, 1.54) is 5.01 Å². The highest BCUT2D eigenvalue weighted by atomic mass is 16.3. The number of benzene rings is 2. The van der Waals surface area contributed by atoms with Gasteiger partial charge in [0.25, 0.3) is 11.8 Å². The maximum Gasteiger partial charge on any atom is 0.325 e. The van der Waals surface area contributed by atoms with Crippen molar-refractivity contribution in [3.63, 3.8) is 0 Å². The van der Waals surface area contributed by atoms with Gasteiger partial charge in [-0.1, -0.05) is 54.1 Å². The number of aryl methyl sites for hydroxylation is 2. The summed E-state index contributed by atoms with van der Waals surface area (Å²) in [7, 11) is 0. The smallest absolute Gasteiger partial charge is 0.325 e. The third kappa shape index (κ3) is 3.52. The third-order valence-corrected chi connectivity index (χ3v) is 7.37. The molecule has 1 saturated heterocycles. The number of furan rings is 1. The summed E-state index contributed by atoms with van der Waals surface area (Å²) in [5, 5.41) is 8.90. The van der Waals surface area contributed by atoms with Crippen LogP contribution in [0.1, 0.15) is 53.3 Å². The van der Waals surface area contributed by atoms with E-state index < -0.39 is 30.1 Å². The number of hydrazone groups is 1. The van der Waals surface area contributed by atoms with Gasteiger partial charge in [0.05, 0.1) is 12.0 Å². The second-order valence-electron chi connectivity index (χ2n) is 9.62. The Balaban J connectivity index is 1.29. The van der Waals surface area contributed by atoms with E-state index in [0.29, 0.717) is 18.6 Å². The van der Waals surface area contributed by atoms with E-state index in [1.54, 1.807) is 18.4 Å². The molecule has 2 aromatic carbocycles. The molecule has 2 atom stereocenters. The number of amides is 4. The second kappa shape index (κ2) is 8.48. The monoisotopic (exact) mass is 482 g/mol. The number of fused-ring (bicyclic) bond motifs is 2. The van der Waals surface area contributed by atoms with Gasteiger partial charge in [-0.05, 0) is 55.0 Å². The van der Waals surface area contributed by atoms with Crippen LogP contribution in [0.5, 0.6) is 0 Å². The number of hydrogen-bond acceptors (Lipinski definition) is 5. The van der Waals surface area contributed by atoms with Crippen LogP contribution in [0, 0.1) is 6.92 Å². The maximum absolute atomic E-state index is 13.7. The molecule has 0 saturated carbocycles. The Morgan fingerprint density at radius 2 is 1.92 bits per heavy atom. The van der Waals surface area contributed by atoms with E-state index >= 15 is 0 Å². The molecule has 3 aliphatic rings. The highest BCUT2D eigenvalue weighted by Gasteiger charge is 2.54. The van der Waals surface area contributed by atoms with E-state index in [1.807, 2.05) is 55.5 Å². The van der Waals surface area contributed by atoms with Gasteiger partial charge in [-0.15, -0.1) is 0 Å². The molecule has 0 bridgehead atoms. The topological polar surface area (TPSA) is 95.2 Å². The van der Waals surface area contributed by atoms with Crippen LogP contribution < -0.4 is 5.32 Å². The molecule has 1 spiro atoms. The SMILES string of the molecule is Cc1ccc(C2=NN(C(=O)CN3C(=O)NC4(CCCc5ccccc54)C3=O)C(c3ccco3)C2)cc1. The fourth-order valence-electron chi connectivity index (χ4n) is 5.53. The van der Waals surface area contributed by atoms with E-state index in [0.717, 1.165) is 45.7 Å². The average molecular weight is 483 g/mol. The largest absolute Gasteiger partial charge is 0.467 e. The molecular weight excluding hydrogens is 456 g/mol. The van der Waals surface area contributed by atoms with Crippen molar-refractivity contribution in [2.24, 2.45) is 5.10 Å². The molecule has 3 aromatic rings. The van der Waals surface area contributed by atoms with E-state index in [2.05, 4.69) is 10.4 Å². The van der Waals surface area contributed by atoms with Crippen LogP contribution in [0.4, 0.5) is 4.79 Å². The molecule has 4 amide bonds. The van der Waals surface area contributed by atoms with Crippen molar-refractivity contribution in [1.82, 2.24) is 15.2 Å². The number of urea groups is 1. The Bertz CT molecular complexity index is 1380. The Kier molecular flexibility index (Phi) is 5.25. The van der Waals surface area contributed by atoms with Crippen molar-refractivity contribution < 1.29 is 18.8 Å². The van der Waals surface area contributed by atoms with Gasteiger partial charge < -0.3 is 9.73 Å². The average Bonchev–Trinajstić information content (AvgIpc) is 3.61. The van der Waals surface area contributed by atoms with Crippen molar-refractivity contribution in [3.8, 4) is 0 Å². The van der Waals surface area contributed by atoms with Gasteiger partial charge in [-0.25, -0.2) is 9.80 Å². The Hall–Kier alpha value is -4.20. The summed E-state index contributed by atoms with van der Waals surface area (Å²) >= 11 is 0.